The number of nitrogens with one attached hydrogen (secondary N) is 1. The first kappa shape index (κ1) is 14.2. The highest BCUT2D eigenvalue weighted by Gasteiger charge is 2.24. The molecule has 19 heavy (non-hydrogen) atoms. The summed E-state index contributed by atoms with van der Waals surface area (Å²) in [7, 11) is 0. The van der Waals surface area contributed by atoms with Crippen LogP contribution in [0, 0.1) is 6.92 Å². The van der Waals surface area contributed by atoms with E-state index >= 15 is 0 Å². The van der Waals surface area contributed by atoms with Gasteiger partial charge in [-0.3, -0.25) is 0 Å². The third-order valence-electron chi connectivity index (χ3n) is 4.30. The van der Waals surface area contributed by atoms with E-state index < -0.39 is 0 Å². The number of rotatable bonds is 4. The molecule has 0 aliphatic heterocycles. The molecule has 1 N–H and O–H groups in total. The molecule has 0 radical (unpaired) electrons. The molecular formula is C18H27N. The van der Waals surface area contributed by atoms with Crippen LogP contribution in [-0.4, -0.2) is 4.98 Å². The standard InChI is InChI=1S/C18H27N/c1-7-10-18(5,6)17-13(4)15-11-14(12(2)3)8-9-16(15)19-17/h8-9,11-12,19H,7,10H2,1-6H3. The highest BCUT2D eigenvalue weighted by Crippen LogP contribution is 2.35. The minimum atomic E-state index is 0.232. The van der Waals surface area contributed by atoms with Gasteiger partial charge < -0.3 is 4.98 Å². The first-order valence-electron chi connectivity index (χ1n) is 7.49. The summed E-state index contributed by atoms with van der Waals surface area (Å²) < 4.78 is 0. The number of fused-ring (bicyclic) bond motifs is 1. The summed E-state index contributed by atoms with van der Waals surface area (Å²) in [5.41, 5.74) is 5.77. The lowest BCUT2D eigenvalue weighted by molar-refractivity contribution is 0.460. The largest absolute Gasteiger partial charge is 0.358 e. The zero-order valence-corrected chi connectivity index (χ0v) is 13.2. The summed E-state index contributed by atoms with van der Waals surface area (Å²) in [6.45, 7) is 13.7. The summed E-state index contributed by atoms with van der Waals surface area (Å²) in [5.74, 6) is 0.589. The molecule has 0 fully saturated rings. The van der Waals surface area contributed by atoms with Crippen LogP contribution in [0.3, 0.4) is 0 Å². The van der Waals surface area contributed by atoms with E-state index in [2.05, 4.69) is 64.7 Å². The number of benzene rings is 1. The molecule has 0 atom stereocenters. The van der Waals surface area contributed by atoms with Gasteiger partial charge >= 0.3 is 0 Å². The molecule has 0 saturated carbocycles. The molecule has 1 nitrogen and oxygen atoms in total. The molecule has 0 spiro atoms. The lowest BCUT2D eigenvalue weighted by Crippen LogP contribution is -2.18. The molecule has 0 aliphatic carbocycles. The lowest BCUT2D eigenvalue weighted by atomic mass is 9.82. The van der Waals surface area contributed by atoms with E-state index in [0.717, 1.165) is 0 Å². The van der Waals surface area contributed by atoms with Crippen molar-refractivity contribution in [2.45, 2.75) is 65.7 Å². The van der Waals surface area contributed by atoms with Gasteiger partial charge in [-0.2, -0.15) is 0 Å². The number of aromatic nitrogens is 1. The number of hydrogen-bond acceptors (Lipinski definition) is 0. The molecular weight excluding hydrogens is 230 g/mol. The van der Waals surface area contributed by atoms with Crippen molar-refractivity contribution in [2.24, 2.45) is 0 Å². The van der Waals surface area contributed by atoms with Crippen LogP contribution in [0.15, 0.2) is 18.2 Å². The van der Waals surface area contributed by atoms with Crippen LogP contribution < -0.4 is 0 Å². The molecule has 2 rings (SSSR count). The molecule has 1 heterocycles. The van der Waals surface area contributed by atoms with Gasteiger partial charge in [0, 0.05) is 22.0 Å². The summed E-state index contributed by atoms with van der Waals surface area (Å²) in [5, 5.41) is 1.39. The Morgan fingerprint density at radius 2 is 1.89 bits per heavy atom. The number of hydrogen-bond donors (Lipinski definition) is 1. The maximum Gasteiger partial charge on any atom is 0.0459 e. The Morgan fingerprint density at radius 1 is 1.21 bits per heavy atom. The maximum absolute atomic E-state index is 3.66. The van der Waals surface area contributed by atoms with E-state index in [1.165, 1.54) is 40.6 Å². The summed E-state index contributed by atoms with van der Waals surface area (Å²) >= 11 is 0. The topological polar surface area (TPSA) is 15.8 Å². The molecule has 2 aromatic rings. The quantitative estimate of drug-likeness (QED) is 0.725. The van der Waals surface area contributed by atoms with Crippen LogP contribution in [-0.2, 0) is 5.41 Å². The Hall–Kier alpha value is -1.24. The third-order valence-corrected chi connectivity index (χ3v) is 4.30. The zero-order chi connectivity index (χ0) is 14.2. The van der Waals surface area contributed by atoms with Gasteiger partial charge in [0.05, 0.1) is 0 Å². The van der Waals surface area contributed by atoms with E-state index in [9.17, 15) is 0 Å². The molecule has 0 unspecified atom stereocenters. The predicted octanol–water partition coefficient (Wildman–Crippen LogP) is 5.68. The number of H-pyrrole nitrogens is 1. The summed E-state index contributed by atoms with van der Waals surface area (Å²) in [4.78, 5) is 3.66. The van der Waals surface area contributed by atoms with Gasteiger partial charge in [-0.25, -0.2) is 0 Å². The van der Waals surface area contributed by atoms with Gasteiger partial charge in [-0.15, -0.1) is 0 Å². The van der Waals surface area contributed by atoms with Gasteiger partial charge in [-0.1, -0.05) is 47.1 Å². The summed E-state index contributed by atoms with van der Waals surface area (Å²) in [6.07, 6.45) is 2.44. The van der Waals surface area contributed by atoms with E-state index in [1.807, 2.05) is 0 Å². The molecule has 1 aromatic carbocycles. The minimum Gasteiger partial charge on any atom is -0.358 e. The second-order valence-electron chi connectivity index (χ2n) is 6.72. The van der Waals surface area contributed by atoms with Crippen LogP contribution in [0.1, 0.15) is 70.2 Å². The number of aryl methyl sites for hydroxylation is 1. The van der Waals surface area contributed by atoms with Crippen LogP contribution >= 0.6 is 0 Å². The molecule has 104 valence electrons. The van der Waals surface area contributed by atoms with Crippen molar-refractivity contribution in [1.82, 2.24) is 4.98 Å². The Balaban J connectivity index is 2.57. The monoisotopic (exact) mass is 257 g/mol. The molecule has 1 heteroatoms. The first-order chi connectivity index (χ1) is 8.86. The van der Waals surface area contributed by atoms with Crippen LogP contribution in [0.4, 0.5) is 0 Å². The second-order valence-corrected chi connectivity index (χ2v) is 6.72. The number of aromatic amines is 1. The fourth-order valence-electron chi connectivity index (χ4n) is 3.13. The van der Waals surface area contributed by atoms with E-state index in [0.29, 0.717) is 5.92 Å². The van der Waals surface area contributed by atoms with E-state index in [4.69, 9.17) is 0 Å². The normalized spacial score (nSPS) is 12.6. The van der Waals surface area contributed by atoms with Crippen molar-refractivity contribution in [3.8, 4) is 0 Å². The zero-order valence-electron chi connectivity index (χ0n) is 13.2. The van der Waals surface area contributed by atoms with Crippen molar-refractivity contribution in [3.63, 3.8) is 0 Å². The Morgan fingerprint density at radius 3 is 2.47 bits per heavy atom. The van der Waals surface area contributed by atoms with Gasteiger partial charge in [0.15, 0.2) is 0 Å². The van der Waals surface area contributed by atoms with Gasteiger partial charge in [0.1, 0.15) is 0 Å². The molecule has 0 amide bonds. The molecule has 0 bridgehead atoms. The highest BCUT2D eigenvalue weighted by atomic mass is 14.7. The van der Waals surface area contributed by atoms with Crippen LogP contribution in [0.2, 0.25) is 0 Å². The van der Waals surface area contributed by atoms with Gasteiger partial charge in [-0.05, 0) is 42.5 Å². The fourth-order valence-corrected chi connectivity index (χ4v) is 3.13. The summed E-state index contributed by atoms with van der Waals surface area (Å²) in [6, 6.07) is 6.85. The smallest absolute Gasteiger partial charge is 0.0459 e. The lowest BCUT2D eigenvalue weighted by Gasteiger charge is -2.24. The Bertz CT molecular complexity index is 573. The average Bonchev–Trinajstić information content (AvgIpc) is 2.67. The van der Waals surface area contributed by atoms with Crippen LogP contribution in [0.5, 0.6) is 0 Å². The SMILES string of the molecule is CCCC(C)(C)c1[nH]c2ccc(C(C)C)cc2c1C. The van der Waals surface area contributed by atoms with Crippen LogP contribution in [0.25, 0.3) is 10.9 Å². The van der Waals surface area contributed by atoms with Crippen molar-refractivity contribution >= 4 is 10.9 Å². The maximum atomic E-state index is 3.66. The molecule has 0 saturated heterocycles. The third kappa shape index (κ3) is 2.56. The van der Waals surface area contributed by atoms with Gasteiger partial charge in [0.25, 0.3) is 0 Å². The highest BCUT2D eigenvalue weighted by molar-refractivity contribution is 5.85. The van der Waals surface area contributed by atoms with E-state index in [-0.39, 0.29) is 5.41 Å². The fraction of sp³-hybridized carbons (Fsp3) is 0.556. The average molecular weight is 257 g/mol. The minimum absolute atomic E-state index is 0.232. The second kappa shape index (κ2) is 5.03. The van der Waals surface area contributed by atoms with Crippen molar-refractivity contribution in [2.75, 3.05) is 0 Å². The Kier molecular flexibility index (Phi) is 3.75. The van der Waals surface area contributed by atoms with Crippen molar-refractivity contribution in [3.05, 3.63) is 35.0 Å². The predicted molar refractivity (Wildman–Crippen MR) is 85.1 cm³/mol. The molecule has 1 aromatic heterocycles. The van der Waals surface area contributed by atoms with Crippen molar-refractivity contribution < 1.29 is 0 Å². The van der Waals surface area contributed by atoms with Gasteiger partial charge in [0.2, 0.25) is 0 Å². The van der Waals surface area contributed by atoms with Crippen molar-refractivity contribution in [1.29, 1.82) is 0 Å². The van der Waals surface area contributed by atoms with E-state index in [1.54, 1.807) is 0 Å². The molecule has 0 aliphatic rings. The first-order valence-corrected chi connectivity index (χ1v) is 7.49. The Labute approximate surface area is 117 Å².